The van der Waals surface area contributed by atoms with Crippen LogP contribution in [0.4, 0.5) is 17.3 Å². The van der Waals surface area contributed by atoms with E-state index in [9.17, 15) is 24.0 Å². The van der Waals surface area contributed by atoms with Crippen LogP contribution in [0.1, 0.15) is 81.5 Å². The number of carbonyl (C=O) groups is 5. The molecule has 16 heteroatoms. The summed E-state index contributed by atoms with van der Waals surface area (Å²) in [4.78, 5) is 82.0. The predicted molar refractivity (Wildman–Crippen MR) is 204 cm³/mol. The van der Waals surface area contributed by atoms with Crippen molar-refractivity contribution in [2.45, 2.75) is 59.9 Å². The van der Waals surface area contributed by atoms with Gasteiger partial charge in [0.25, 0.3) is 11.8 Å². The quantitative estimate of drug-likeness (QED) is 0.0627. The molecule has 3 heterocycles. The zero-order valence-corrected chi connectivity index (χ0v) is 30.7. The summed E-state index contributed by atoms with van der Waals surface area (Å²) in [6.07, 6.45) is 5.92. The fraction of sp³-hybridized carbons (Fsp3) is 0.289. The van der Waals surface area contributed by atoms with Crippen molar-refractivity contribution in [3.63, 3.8) is 0 Å². The molecule has 0 aliphatic carbocycles. The topological polar surface area (TPSA) is 230 Å². The molecular formula is C38H41N9O7. The minimum atomic E-state index is -0.727. The van der Waals surface area contributed by atoms with Gasteiger partial charge in [-0.1, -0.05) is 12.2 Å². The summed E-state index contributed by atoms with van der Waals surface area (Å²) in [6.45, 7) is 10.6. The van der Waals surface area contributed by atoms with Crippen molar-refractivity contribution >= 4 is 70.7 Å². The van der Waals surface area contributed by atoms with Crippen LogP contribution in [-0.2, 0) is 22.6 Å². The molecule has 16 nitrogen and oxygen atoms in total. The Bertz CT molecular complexity index is 2290. The van der Waals surface area contributed by atoms with Gasteiger partial charge in [0.1, 0.15) is 17.7 Å². The van der Waals surface area contributed by atoms with Gasteiger partial charge in [0.15, 0.2) is 5.89 Å². The summed E-state index contributed by atoms with van der Waals surface area (Å²) >= 11 is 0. The number of carbonyl (C=O) groups excluding carboxylic acids is 5. The van der Waals surface area contributed by atoms with Crippen LogP contribution in [0, 0.1) is 13.8 Å². The summed E-state index contributed by atoms with van der Waals surface area (Å²) in [5.74, 6) is -1.71. The number of primary amides is 2. The summed E-state index contributed by atoms with van der Waals surface area (Å²) in [6, 6.07) is 6.03. The Morgan fingerprint density at radius 1 is 1.06 bits per heavy atom. The third-order valence-corrected chi connectivity index (χ3v) is 8.79. The SMILES string of the molecule is C=Nc1cc(C(N)=O)cc(OC)c1N(C/C=C/Cn1c(NC(=O)C2=C(C)N=C(C)C2)nc2cc(C(N)=O)cc(CCCC=O)c21)C(=O)c1oc(C)nc1C. The highest BCUT2D eigenvalue weighted by atomic mass is 16.5. The average Bonchev–Trinajstić information content (AvgIpc) is 3.79. The van der Waals surface area contributed by atoms with Crippen molar-refractivity contribution < 1.29 is 33.1 Å². The van der Waals surface area contributed by atoms with Crippen LogP contribution in [0.3, 0.4) is 0 Å². The van der Waals surface area contributed by atoms with Gasteiger partial charge in [-0.05, 0) is 70.2 Å². The molecule has 5 N–H and O–H groups in total. The number of aromatic nitrogens is 3. The Balaban J connectivity index is 1.59. The Morgan fingerprint density at radius 2 is 1.78 bits per heavy atom. The van der Waals surface area contributed by atoms with Crippen molar-refractivity contribution in [2.75, 3.05) is 23.9 Å². The number of methoxy groups -OCH3 is 1. The number of aldehydes is 1. The Morgan fingerprint density at radius 3 is 2.37 bits per heavy atom. The summed E-state index contributed by atoms with van der Waals surface area (Å²) in [7, 11) is 1.38. The Hall–Kier alpha value is -6.71. The number of allylic oxidation sites excluding steroid dienone is 2. The molecule has 54 heavy (non-hydrogen) atoms. The van der Waals surface area contributed by atoms with E-state index in [4.69, 9.17) is 25.6 Å². The zero-order chi connectivity index (χ0) is 39.3. The Labute approximate surface area is 310 Å². The molecule has 4 amide bonds. The second kappa shape index (κ2) is 16.3. The minimum absolute atomic E-state index is 0.0107. The smallest absolute Gasteiger partial charge is 0.296 e. The number of aliphatic imine (C=N–C) groups is 2. The fourth-order valence-corrected chi connectivity index (χ4v) is 6.31. The van der Waals surface area contributed by atoms with Crippen molar-refractivity contribution in [1.82, 2.24) is 14.5 Å². The lowest BCUT2D eigenvalue weighted by molar-refractivity contribution is -0.113. The molecule has 2 aromatic carbocycles. The first-order chi connectivity index (χ1) is 25.8. The second-order valence-electron chi connectivity index (χ2n) is 12.6. The second-order valence-corrected chi connectivity index (χ2v) is 12.6. The van der Waals surface area contributed by atoms with Crippen LogP contribution < -0.4 is 26.4 Å². The van der Waals surface area contributed by atoms with Gasteiger partial charge in [0.2, 0.25) is 23.5 Å². The largest absolute Gasteiger partial charge is 0.494 e. The van der Waals surface area contributed by atoms with Gasteiger partial charge in [-0.3, -0.25) is 39.4 Å². The van der Waals surface area contributed by atoms with Crippen molar-refractivity contribution in [2.24, 2.45) is 21.5 Å². The minimum Gasteiger partial charge on any atom is -0.494 e. The maximum Gasteiger partial charge on any atom is 0.296 e. The third kappa shape index (κ3) is 8.01. The number of hydrogen-bond donors (Lipinski definition) is 3. The number of aryl methyl sites for hydroxylation is 3. The first kappa shape index (κ1) is 38.5. The van der Waals surface area contributed by atoms with E-state index in [1.807, 2.05) is 6.92 Å². The molecule has 2 aromatic heterocycles. The number of nitrogens with two attached hydrogens (primary N) is 2. The molecule has 1 aliphatic heterocycles. The molecule has 5 rings (SSSR count). The number of hydrogen-bond acceptors (Lipinski definition) is 11. The molecule has 0 spiro atoms. The van der Waals surface area contributed by atoms with Crippen LogP contribution in [-0.4, -0.2) is 70.5 Å². The predicted octanol–water partition coefficient (Wildman–Crippen LogP) is 4.68. The highest BCUT2D eigenvalue weighted by molar-refractivity contribution is 6.10. The molecule has 0 saturated carbocycles. The van der Waals surface area contributed by atoms with Crippen LogP contribution >= 0.6 is 0 Å². The number of amides is 4. The molecule has 0 fully saturated rings. The van der Waals surface area contributed by atoms with Gasteiger partial charge in [-0.2, -0.15) is 0 Å². The van der Waals surface area contributed by atoms with Crippen molar-refractivity contribution in [3.05, 3.63) is 81.7 Å². The molecule has 1 aliphatic rings. The molecule has 4 aromatic rings. The van der Waals surface area contributed by atoms with E-state index in [2.05, 4.69) is 27.0 Å². The number of fused-ring (bicyclic) bond motifs is 1. The number of oxazole rings is 1. The number of anilines is 2. The van der Waals surface area contributed by atoms with E-state index < -0.39 is 17.7 Å². The third-order valence-electron chi connectivity index (χ3n) is 8.79. The molecule has 0 saturated heterocycles. The van der Waals surface area contributed by atoms with Crippen molar-refractivity contribution in [1.29, 1.82) is 0 Å². The molecule has 0 unspecified atom stereocenters. The van der Waals surface area contributed by atoms with Gasteiger partial charge >= 0.3 is 0 Å². The molecule has 280 valence electrons. The highest BCUT2D eigenvalue weighted by Crippen LogP contribution is 2.40. The molecular weight excluding hydrogens is 694 g/mol. The maximum absolute atomic E-state index is 14.1. The van der Waals surface area contributed by atoms with Crippen LogP contribution in [0.25, 0.3) is 11.0 Å². The number of imidazole rings is 1. The van der Waals surface area contributed by atoms with Gasteiger partial charge in [-0.25, -0.2) is 9.97 Å². The summed E-state index contributed by atoms with van der Waals surface area (Å²) in [5, 5.41) is 2.92. The number of unbranched alkanes of at least 4 members (excludes halogenated alkanes) is 1. The number of benzene rings is 2. The zero-order valence-electron chi connectivity index (χ0n) is 30.7. The maximum atomic E-state index is 14.1. The van der Waals surface area contributed by atoms with Crippen LogP contribution in [0.2, 0.25) is 0 Å². The monoisotopic (exact) mass is 735 g/mol. The van der Waals surface area contributed by atoms with Crippen LogP contribution in [0.5, 0.6) is 5.75 Å². The van der Waals surface area contributed by atoms with Crippen LogP contribution in [0.15, 0.2) is 62.1 Å². The lowest BCUT2D eigenvalue weighted by Crippen LogP contribution is -2.32. The van der Waals surface area contributed by atoms with Gasteiger partial charge < -0.3 is 30.0 Å². The standard InChI is InChI=1S/C38H41N9O7/c1-20-15-27(21(2)42-20)36(51)45-38-44-29-18-25(34(39)49)16-24(11-7-10-14-48)31(29)47(38)13-9-8-12-46(37(52)33-22(3)43-23(4)54-33)32-28(41-5)17-26(35(40)50)19-30(32)53-6/h8-9,14,16-19H,5,7,10-13,15H2,1-4,6H3,(H2,39,49)(H2,40,50)(H,44,45,51)/b9-8+. The number of nitrogens with one attached hydrogen (secondary N) is 1. The van der Waals surface area contributed by atoms with E-state index >= 15 is 0 Å². The van der Waals surface area contributed by atoms with Gasteiger partial charge in [0.05, 0.1) is 29.5 Å². The summed E-state index contributed by atoms with van der Waals surface area (Å²) < 4.78 is 13.1. The Kier molecular flexibility index (Phi) is 11.6. The van der Waals surface area contributed by atoms with E-state index in [1.165, 1.54) is 24.1 Å². The van der Waals surface area contributed by atoms with E-state index in [0.717, 1.165) is 12.0 Å². The lowest BCUT2D eigenvalue weighted by atomic mass is 10.0. The van der Waals surface area contributed by atoms with E-state index in [1.54, 1.807) is 49.6 Å². The van der Waals surface area contributed by atoms with Crippen molar-refractivity contribution in [3.8, 4) is 5.75 Å². The van der Waals surface area contributed by atoms with E-state index in [0.29, 0.717) is 65.1 Å². The summed E-state index contributed by atoms with van der Waals surface area (Å²) in [5.41, 5.74) is 15.9. The highest BCUT2D eigenvalue weighted by Gasteiger charge is 2.29. The molecule has 0 bridgehead atoms. The average molecular weight is 736 g/mol. The number of rotatable bonds is 16. The lowest BCUT2D eigenvalue weighted by Gasteiger charge is -2.24. The molecule has 0 radical (unpaired) electrons. The number of ether oxygens (including phenoxy) is 1. The fourth-order valence-electron chi connectivity index (χ4n) is 6.31. The normalized spacial score (nSPS) is 12.6. The van der Waals surface area contributed by atoms with Gasteiger partial charge in [-0.15, -0.1) is 0 Å². The van der Waals surface area contributed by atoms with Gasteiger partial charge in [0, 0.05) is 61.0 Å². The first-order valence-corrected chi connectivity index (χ1v) is 17.0. The first-order valence-electron chi connectivity index (χ1n) is 17.0. The number of nitrogens with zero attached hydrogens (tertiary/aromatic N) is 6. The molecule has 0 atom stereocenters. The van der Waals surface area contributed by atoms with E-state index in [-0.39, 0.29) is 59.0 Å².